The van der Waals surface area contributed by atoms with Gasteiger partial charge in [-0.3, -0.25) is 9.79 Å². The molecule has 0 radical (unpaired) electrons. The van der Waals surface area contributed by atoms with Crippen molar-refractivity contribution in [1.82, 2.24) is 15.5 Å². The van der Waals surface area contributed by atoms with E-state index in [9.17, 15) is 4.79 Å². The largest absolute Gasteiger partial charge is 0.368 e. The Morgan fingerprint density at radius 1 is 1.14 bits per heavy atom. The fourth-order valence-corrected chi connectivity index (χ4v) is 3.55. The molecular weight excluding hydrogens is 509 g/mol. The lowest BCUT2D eigenvalue weighted by atomic mass is 10.2. The highest BCUT2D eigenvalue weighted by Crippen LogP contribution is 2.19. The molecule has 1 aliphatic rings. The number of anilines is 1. The van der Waals surface area contributed by atoms with E-state index >= 15 is 0 Å². The van der Waals surface area contributed by atoms with Crippen molar-refractivity contribution in [2.75, 3.05) is 63.2 Å². The van der Waals surface area contributed by atoms with Crippen LogP contribution in [0.1, 0.15) is 12.8 Å². The number of hydrogen-bond acceptors (Lipinski definition) is 4. The summed E-state index contributed by atoms with van der Waals surface area (Å²) in [5.41, 5.74) is 1.15. The molecule has 1 saturated heterocycles. The number of nitrogens with zero attached hydrogens (tertiary/aromatic N) is 3. The Bertz CT molecular complexity index is 609. The van der Waals surface area contributed by atoms with Crippen molar-refractivity contribution in [3.63, 3.8) is 0 Å². The number of thioether (sulfide) groups is 1. The van der Waals surface area contributed by atoms with Crippen molar-refractivity contribution in [3.05, 3.63) is 29.3 Å². The van der Waals surface area contributed by atoms with Gasteiger partial charge in [-0.2, -0.15) is 11.8 Å². The van der Waals surface area contributed by atoms with Gasteiger partial charge in [0.05, 0.1) is 6.54 Å². The Kier molecular flexibility index (Phi) is 12.7. The average molecular weight is 540 g/mol. The van der Waals surface area contributed by atoms with Crippen molar-refractivity contribution < 1.29 is 4.79 Å². The zero-order valence-electron chi connectivity index (χ0n) is 16.6. The van der Waals surface area contributed by atoms with Gasteiger partial charge in [0.15, 0.2) is 5.96 Å². The van der Waals surface area contributed by atoms with Crippen LogP contribution in [0.2, 0.25) is 5.02 Å². The number of guanidine groups is 1. The number of rotatable bonds is 8. The molecule has 1 heterocycles. The third-order valence-corrected chi connectivity index (χ3v) is 5.47. The van der Waals surface area contributed by atoms with Gasteiger partial charge >= 0.3 is 0 Å². The van der Waals surface area contributed by atoms with E-state index in [-0.39, 0.29) is 36.4 Å². The van der Waals surface area contributed by atoms with Crippen LogP contribution in [0.4, 0.5) is 5.69 Å². The first-order chi connectivity index (χ1) is 13.1. The first-order valence-corrected chi connectivity index (χ1v) is 11.1. The summed E-state index contributed by atoms with van der Waals surface area (Å²) >= 11 is 7.81. The van der Waals surface area contributed by atoms with E-state index < -0.39 is 0 Å². The van der Waals surface area contributed by atoms with Crippen LogP contribution in [0, 0.1) is 0 Å². The lowest BCUT2D eigenvalue weighted by Gasteiger charge is -2.36. The fourth-order valence-electron chi connectivity index (χ4n) is 2.94. The molecule has 1 aromatic rings. The molecular formula is C19H31ClIN5OS. The third kappa shape index (κ3) is 8.65. The number of amides is 1. The minimum atomic E-state index is 0. The molecule has 1 aromatic carbocycles. The Morgan fingerprint density at radius 2 is 1.82 bits per heavy atom. The number of carbonyl (C=O) groups is 1. The number of nitrogens with one attached hydrogen (secondary N) is 2. The third-order valence-electron chi connectivity index (χ3n) is 4.52. The quantitative estimate of drug-likeness (QED) is 0.230. The summed E-state index contributed by atoms with van der Waals surface area (Å²) in [5, 5.41) is 7.12. The molecule has 1 amide bonds. The standard InChI is InChI=1S/C19H30ClN5OS.HI/c1-21-19(22-9-3-4-14-27-2)23-15-18(26)25-12-10-24(11-13-25)17-7-5-16(20)6-8-17;/h5-8H,3-4,9-15H2,1-2H3,(H2,21,22,23);1H. The minimum Gasteiger partial charge on any atom is -0.368 e. The second-order valence-electron chi connectivity index (χ2n) is 6.40. The molecule has 0 aliphatic carbocycles. The zero-order valence-corrected chi connectivity index (χ0v) is 20.5. The van der Waals surface area contributed by atoms with E-state index in [1.165, 1.54) is 12.2 Å². The average Bonchev–Trinajstić information content (AvgIpc) is 2.70. The number of unbranched alkanes of at least 4 members (excludes halogenated alkanes) is 1. The molecule has 0 aromatic heterocycles. The summed E-state index contributed by atoms with van der Waals surface area (Å²) in [6, 6.07) is 7.85. The molecule has 0 saturated carbocycles. The number of hydrogen-bond donors (Lipinski definition) is 2. The van der Waals surface area contributed by atoms with Gasteiger partial charge in [0.1, 0.15) is 0 Å². The lowest BCUT2D eigenvalue weighted by Crippen LogP contribution is -2.52. The maximum atomic E-state index is 12.5. The predicted molar refractivity (Wildman–Crippen MR) is 133 cm³/mol. The minimum absolute atomic E-state index is 0. The Hall–Kier alpha value is -0.870. The number of piperazine rings is 1. The van der Waals surface area contributed by atoms with Gasteiger partial charge in [0, 0.05) is 50.5 Å². The second kappa shape index (κ2) is 14.2. The topological polar surface area (TPSA) is 60.0 Å². The number of halogens is 2. The lowest BCUT2D eigenvalue weighted by molar-refractivity contribution is -0.130. The van der Waals surface area contributed by atoms with Gasteiger partial charge in [-0.15, -0.1) is 24.0 Å². The molecule has 1 fully saturated rings. The van der Waals surface area contributed by atoms with E-state index in [1.54, 1.807) is 7.05 Å². The number of carbonyl (C=O) groups excluding carboxylic acids is 1. The first-order valence-electron chi connectivity index (χ1n) is 9.36. The monoisotopic (exact) mass is 539 g/mol. The van der Waals surface area contributed by atoms with E-state index in [4.69, 9.17) is 11.6 Å². The van der Waals surface area contributed by atoms with E-state index in [0.717, 1.165) is 49.9 Å². The van der Waals surface area contributed by atoms with Crippen LogP contribution >= 0.6 is 47.3 Å². The highest BCUT2D eigenvalue weighted by Gasteiger charge is 2.21. The van der Waals surface area contributed by atoms with E-state index in [1.807, 2.05) is 40.9 Å². The van der Waals surface area contributed by atoms with Gasteiger partial charge in [-0.1, -0.05) is 11.6 Å². The molecule has 2 rings (SSSR count). The van der Waals surface area contributed by atoms with Crippen molar-refractivity contribution in [1.29, 1.82) is 0 Å². The predicted octanol–water partition coefficient (Wildman–Crippen LogP) is 2.91. The molecule has 28 heavy (non-hydrogen) atoms. The normalized spacial score (nSPS) is 14.5. The summed E-state index contributed by atoms with van der Waals surface area (Å²) in [6.07, 6.45) is 4.40. The SMILES string of the molecule is CN=C(NCCCCSC)NCC(=O)N1CCN(c2ccc(Cl)cc2)CC1.I. The Balaban J connectivity index is 0.00000392. The summed E-state index contributed by atoms with van der Waals surface area (Å²) < 4.78 is 0. The van der Waals surface area contributed by atoms with Crippen LogP contribution in [0.5, 0.6) is 0 Å². The summed E-state index contributed by atoms with van der Waals surface area (Å²) in [5.74, 6) is 1.97. The molecule has 6 nitrogen and oxygen atoms in total. The van der Waals surface area contributed by atoms with Crippen LogP contribution in [0.3, 0.4) is 0 Å². The molecule has 0 bridgehead atoms. The summed E-state index contributed by atoms with van der Waals surface area (Å²) in [7, 11) is 1.73. The highest BCUT2D eigenvalue weighted by atomic mass is 127. The van der Waals surface area contributed by atoms with Gasteiger partial charge in [0.25, 0.3) is 0 Å². The number of benzene rings is 1. The smallest absolute Gasteiger partial charge is 0.242 e. The van der Waals surface area contributed by atoms with Crippen molar-refractivity contribution >= 4 is 64.9 Å². The summed E-state index contributed by atoms with van der Waals surface area (Å²) in [4.78, 5) is 20.8. The highest BCUT2D eigenvalue weighted by molar-refractivity contribution is 14.0. The molecule has 0 atom stereocenters. The Morgan fingerprint density at radius 3 is 2.43 bits per heavy atom. The molecule has 158 valence electrons. The maximum Gasteiger partial charge on any atom is 0.242 e. The van der Waals surface area contributed by atoms with Gasteiger partial charge in [0.2, 0.25) is 5.91 Å². The Labute approximate surface area is 194 Å². The van der Waals surface area contributed by atoms with Crippen LogP contribution in [0.15, 0.2) is 29.3 Å². The van der Waals surface area contributed by atoms with Crippen molar-refractivity contribution in [2.45, 2.75) is 12.8 Å². The van der Waals surface area contributed by atoms with E-state index in [0.29, 0.717) is 5.96 Å². The van der Waals surface area contributed by atoms with Crippen LogP contribution in [-0.4, -0.2) is 75.1 Å². The van der Waals surface area contributed by atoms with Crippen molar-refractivity contribution in [3.8, 4) is 0 Å². The van der Waals surface area contributed by atoms with Crippen LogP contribution in [-0.2, 0) is 4.79 Å². The van der Waals surface area contributed by atoms with Gasteiger partial charge in [-0.05, 0) is 49.1 Å². The van der Waals surface area contributed by atoms with Crippen molar-refractivity contribution in [2.24, 2.45) is 4.99 Å². The van der Waals surface area contributed by atoms with E-state index in [2.05, 4.69) is 26.8 Å². The first kappa shape index (κ1) is 25.2. The fraction of sp³-hybridized carbons (Fsp3) is 0.579. The molecule has 0 unspecified atom stereocenters. The van der Waals surface area contributed by atoms with Crippen LogP contribution < -0.4 is 15.5 Å². The molecule has 1 aliphatic heterocycles. The number of aliphatic imine (C=N–C) groups is 1. The van der Waals surface area contributed by atoms with Gasteiger partial charge < -0.3 is 20.4 Å². The maximum absolute atomic E-state index is 12.5. The zero-order chi connectivity index (χ0) is 19.5. The summed E-state index contributed by atoms with van der Waals surface area (Å²) in [6.45, 7) is 4.25. The molecule has 2 N–H and O–H groups in total. The second-order valence-corrected chi connectivity index (χ2v) is 7.82. The molecule has 9 heteroatoms. The molecule has 0 spiro atoms. The van der Waals surface area contributed by atoms with Crippen LogP contribution in [0.25, 0.3) is 0 Å². The van der Waals surface area contributed by atoms with Gasteiger partial charge in [-0.25, -0.2) is 0 Å².